The first-order valence-electron chi connectivity index (χ1n) is 4.62. The summed E-state index contributed by atoms with van der Waals surface area (Å²) >= 11 is 4.04. The molecule has 84 valence electrons. The monoisotopic (exact) mass is 236 g/mol. The van der Waals surface area contributed by atoms with Crippen molar-refractivity contribution in [2.24, 2.45) is 0 Å². The number of aromatic nitrogens is 1. The van der Waals surface area contributed by atoms with Gasteiger partial charge in [-0.25, -0.2) is 9.78 Å². The number of esters is 1. The van der Waals surface area contributed by atoms with Crippen LogP contribution in [-0.2, 0) is 4.74 Å². The third-order valence-electron chi connectivity index (χ3n) is 1.79. The zero-order valence-electron chi connectivity index (χ0n) is 8.86. The summed E-state index contributed by atoms with van der Waals surface area (Å²) in [5.41, 5.74) is 6.42. The summed E-state index contributed by atoms with van der Waals surface area (Å²) in [7, 11) is 1.29. The van der Waals surface area contributed by atoms with E-state index in [1.165, 1.54) is 13.3 Å². The molecule has 1 aromatic rings. The average molecular weight is 236 g/mol. The van der Waals surface area contributed by atoms with Crippen molar-refractivity contribution < 1.29 is 9.53 Å². The van der Waals surface area contributed by atoms with E-state index in [1.54, 1.807) is 6.07 Å². The molecule has 0 fully saturated rings. The highest BCUT2D eigenvalue weighted by Gasteiger charge is 2.10. The molecule has 16 heavy (non-hydrogen) atoms. The summed E-state index contributed by atoms with van der Waals surface area (Å²) < 4.78 is 4.58. The van der Waals surface area contributed by atoms with E-state index >= 15 is 0 Å². The fraction of sp³-hybridized carbons (Fsp3) is 0.273. The van der Waals surface area contributed by atoms with Crippen LogP contribution in [0.3, 0.4) is 0 Å². The topological polar surface area (TPSA) is 65.2 Å². The molecule has 0 aromatic carbocycles. The van der Waals surface area contributed by atoms with Crippen molar-refractivity contribution >= 4 is 24.4 Å². The Labute approximate surface area is 99.6 Å². The Hall–Kier alpha value is -1.67. The third kappa shape index (κ3) is 3.17. The summed E-state index contributed by atoms with van der Waals surface area (Å²) in [6.07, 6.45) is 2.20. The maximum absolute atomic E-state index is 11.3. The van der Waals surface area contributed by atoms with Gasteiger partial charge in [-0.05, 0) is 6.07 Å². The number of anilines is 1. The highest BCUT2D eigenvalue weighted by atomic mass is 32.1. The Balaban J connectivity index is 2.99. The van der Waals surface area contributed by atoms with E-state index in [0.29, 0.717) is 17.7 Å². The van der Waals surface area contributed by atoms with Gasteiger partial charge in [-0.3, -0.25) is 0 Å². The second kappa shape index (κ2) is 6.03. The zero-order chi connectivity index (χ0) is 12.0. The number of pyridine rings is 1. The SMILES string of the molecule is COC(=O)c1cc(C#CCCS)cnc1N. The number of nitrogen functional groups attached to an aromatic ring is 1. The van der Waals surface area contributed by atoms with E-state index in [1.807, 2.05) is 0 Å². The van der Waals surface area contributed by atoms with Gasteiger partial charge in [-0.15, -0.1) is 0 Å². The van der Waals surface area contributed by atoms with Crippen molar-refractivity contribution in [1.29, 1.82) is 0 Å². The van der Waals surface area contributed by atoms with Crippen molar-refractivity contribution in [3.63, 3.8) is 0 Å². The van der Waals surface area contributed by atoms with E-state index in [9.17, 15) is 4.79 Å². The smallest absolute Gasteiger partial charge is 0.341 e. The minimum atomic E-state index is -0.511. The molecule has 1 heterocycles. The quantitative estimate of drug-likeness (QED) is 0.459. The maximum Gasteiger partial charge on any atom is 0.341 e. The number of carbonyl (C=O) groups is 1. The Morgan fingerprint density at radius 1 is 1.69 bits per heavy atom. The largest absolute Gasteiger partial charge is 0.465 e. The number of hydrogen-bond donors (Lipinski definition) is 2. The molecule has 2 N–H and O–H groups in total. The Morgan fingerprint density at radius 3 is 3.06 bits per heavy atom. The van der Waals surface area contributed by atoms with Gasteiger partial charge >= 0.3 is 5.97 Å². The number of ether oxygens (including phenoxy) is 1. The Bertz CT molecular complexity index is 449. The zero-order valence-corrected chi connectivity index (χ0v) is 9.75. The van der Waals surface area contributed by atoms with Crippen molar-refractivity contribution in [3.8, 4) is 11.8 Å². The van der Waals surface area contributed by atoms with Gasteiger partial charge in [0.1, 0.15) is 11.4 Å². The molecule has 0 saturated carbocycles. The molecule has 0 radical (unpaired) electrons. The van der Waals surface area contributed by atoms with Gasteiger partial charge in [0.15, 0.2) is 0 Å². The fourth-order valence-corrected chi connectivity index (χ4v) is 1.15. The lowest BCUT2D eigenvalue weighted by Crippen LogP contribution is -2.07. The first kappa shape index (κ1) is 12.4. The summed E-state index contributed by atoms with van der Waals surface area (Å²) in [6.45, 7) is 0. The van der Waals surface area contributed by atoms with Crippen LogP contribution in [0.5, 0.6) is 0 Å². The molecule has 1 aromatic heterocycles. The molecule has 4 nitrogen and oxygen atoms in total. The van der Waals surface area contributed by atoms with Gasteiger partial charge in [0.25, 0.3) is 0 Å². The lowest BCUT2D eigenvalue weighted by molar-refractivity contribution is 0.0601. The van der Waals surface area contributed by atoms with Crippen molar-refractivity contribution in [3.05, 3.63) is 23.4 Å². The molecule has 0 aliphatic heterocycles. The van der Waals surface area contributed by atoms with Gasteiger partial charge in [-0.1, -0.05) is 11.8 Å². The minimum absolute atomic E-state index is 0.145. The van der Waals surface area contributed by atoms with Crippen LogP contribution in [0.2, 0.25) is 0 Å². The first-order chi connectivity index (χ1) is 7.69. The van der Waals surface area contributed by atoms with Crippen LogP contribution in [0.15, 0.2) is 12.3 Å². The lowest BCUT2D eigenvalue weighted by atomic mass is 10.2. The number of rotatable bonds is 2. The van der Waals surface area contributed by atoms with Crippen LogP contribution in [0.4, 0.5) is 5.82 Å². The number of nitrogens with zero attached hydrogens (tertiary/aromatic N) is 1. The van der Waals surface area contributed by atoms with Crippen molar-refractivity contribution in [1.82, 2.24) is 4.98 Å². The minimum Gasteiger partial charge on any atom is -0.465 e. The van der Waals surface area contributed by atoms with Gasteiger partial charge < -0.3 is 10.5 Å². The second-order valence-corrected chi connectivity index (χ2v) is 3.37. The molecule has 0 aliphatic carbocycles. The highest BCUT2D eigenvalue weighted by Crippen LogP contribution is 2.11. The average Bonchev–Trinajstić information content (AvgIpc) is 2.30. The van der Waals surface area contributed by atoms with Crippen LogP contribution in [-0.4, -0.2) is 23.8 Å². The summed E-state index contributed by atoms with van der Waals surface area (Å²) in [5.74, 6) is 6.09. The van der Waals surface area contributed by atoms with E-state index < -0.39 is 5.97 Å². The molecular formula is C11H12N2O2S. The molecule has 0 atom stereocenters. The molecule has 0 saturated heterocycles. The molecule has 0 spiro atoms. The molecule has 0 unspecified atom stereocenters. The second-order valence-electron chi connectivity index (χ2n) is 2.92. The summed E-state index contributed by atoms with van der Waals surface area (Å²) in [6, 6.07) is 1.57. The summed E-state index contributed by atoms with van der Waals surface area (Å²) in [5, 5.41) is 0. The summed E-state index contributed by atoms with van der Waals surface area (Å²) in [4.78, 5) is 15.2. The number of thiol groups is 1. The lowest BCUT2D eigenvalue weighted by Gasteiger charge is -2.02. The van der Waals surface area contributed by atoms with E-state index in [4.69, 9.17) is 5.73 Å². The van der Waals surface area contributed by atoms with Crippen molar-refractivity contribution in [2.45, 2.75) is 6.42 Å². The van der Waals surface area contributed by atoms with Gasteiger partial charge in [0.2, 0.25) is 0 Å². The van der Waals surface area contributed by atoms with Crippen molar-refractivity contribution in [2.75, 3.05) is 18.6 Å². The number of methoxy groups -OCH3 is 1. The number of hydrogen-bond acceptors (Lipinski definition) is 5. The third-order valence-corrected chi connectivity index (χ3v) is 2.02. The van der Waals surface area contributed by atoms with E-state index in [-0.39, 0.29) is 11.4 Å². The van der Waals surface area contributed by atoms with Gasteiger partial charge in [0, 0.05) is 23.9 Å². The predicted molar refractivity (Wildman–Crippen MR) is 65.3 cm³/mol. The number of carbonyl (C=O) groups excluding carboxylic acids is 1. The normalized spacial score (nSPS) is 9.12. The number of nitrogens with two attached hydrogens (primary N) is 1. The van der Waals surface area contributed by atoms with Gasteiger partial charge in [-0.2, -0.15) is 12.6 Å². The van der Waals surface area contributed by atoms with E-state index in [2.05, 4.69) is 34.2 Å². The Kier molecular flexibility index (Phi) is 4.67. The highest BCUT2D eigenvalue weighted by molar-refractivity contribution is 7.80. The van der Waals surface area contributed by atoms with Crippen LogP contribution < -0.4 is 5.73 Å². The first-order valence-corrected chi connectivity index (χ1v) is 5.26. The van der Waals surface area contributed by atoms with Crippen LogP contribution >= 0.6 is 12.6 Å². The molecule has 0 amide bonds. The van der Waals surface area contributed by atoms with Crippen LogP contribution in [0, 0.1) is 11.8 Å². The van der Waals surface area contributed by atoms with Gasteiger partial charge in [0.05, 0.1) is 7.11 Å². The standard InChI is InChI=1S/C11H12N2O2S/c1-15-11(14)9-6-8(4-2-3-5-16)7-13-10(9)12/h6-7,16H,3,5H2,1H3,(H2,12,13). The van der Waals surface area contributed by atoms with Crippen LogP contribution in [0.1, 0.15) is 22.3 Å². The molecular weight excluding hydrogens is 224 g/mol. The Morgan fingerprint density at radius 2 is 2.44 bits per heavy atom. The van der Waals surface area contributed by atoms with E-state index in [0.717, 1.165) is 0 Å². The fourth-order valence-electron chi connectivity index (χ4n) is 1.04. The molecule has 5 heteroatoms. The molecule has 0 bridgehead atoms. The molecule has 1 rings (SSSR count). The van der Waals surface area contributed by atoms with Crippen LogP contribution in [0.25, 0.3) is 0 Å². The predicted octanol–water partition coefficient (Wildman–Crippen LogP) is 1.12. The maximum atomic E-state index is 11.3. The molecule has 0 aliphatic rings.